The molecule has 0 fully saturated rings. The van der Waals surface area contributed by atoms with Gasteiger partial charge in [0.05, 0.1) is 40.8 Å². The van der Waals surface area contributed by atoms with E-state index in [4.69, 9.17) is 9.39 Å². The first-order valence-corrected chi connectivity index (χ1v) is 9.05. The topological polar surface area (TPSA) is 90.9 Å². The molecule has 0 saturated heterocycles. The largest absolute Gasteiger partial charge is 0.462 e. The standard InChI is InChI=1S/C19H24BN4O4/c1-6-27-17(25)13-10-21-24(12-13)14-7-8-23-16(9-14)15(11-22-23)20-28-19(4,5)18(2,3)26/h7-12,26H,6H2,1-5H3. The second-order valence-electron chi connectivity index (χ2n) is 7.51. The van der Waals surface area contributed by atoms with Crippen molar-refractivity contribution in [2.24, 2.45) is 0 Å². The molecule has 0 aromatic carbocycles. The molecule has 0 amide bonds. The minimum atomic E-state index is -1.02. The molecule has 8 nitrogen and oxygen atoms in total. The molecular weight excluding hydrogens is 359 g/mol. The van der Waals surface area contributed by atoms with Gasteiger partial charge in [-0.15, -0.1) is 0 Å². The fourth-order valence-corrected chi connectivity index (χ4v) is 2.36. The van der Waals surface area contributed by atoms with Crippen LogP contribution in [0.15, 0.2) is 36.9 Å². The number of carbonyl (C=O) groups excluding carboxylic acids is 1. The average molecular weight is 383 g/mol. The van der Waals surface area contributed by atoms with Gasteiger partial charge in [-0.25, -0.2) is 14.0 Å². The van der Waals surface area contributed by atoms with E-state index in [1.54, 1.807) is 56.0 Å². The third-order valence-corrected chi connectivity index (χ3v) is 4.85. The molecule has 0 aliphatic carbocycles. The summed E-state index contributed by atoms with van der Waals surface area (Å²) in [5.41, 5.74) is 0.914. The van der Waals surface area contributed by atoms with E-state index in [0.717, 1.165) is 16.7 Å². The Morgan fingerprint density at radius 1 is 1.25 bits per heavy atom. The summed E-state index contributed by atoms with van der Waals surface area (Å²) in [5.74, 6) is -0.407. The quantitative estimate of drug-likeness (QED) is 0.491. The van der Waals surface area contributed by atoms with Crippen molar-refractivity contribution in [2.45, 2.75) is 45.8 Å². The first-order chi connectivity index (χ1) is 13.1. The van der Waals surface area contributed by atoms with Crippen LogP contribution in [-0.2, 0) is 9.39 Å². The first kappa shape index (κ1) is 20.1. The summed E-state index contributed by atoms with van der Waals surface area (Å²) >= 11 is 0. The van der Waals surface area contributed by atoms with Crippen LogP contribution < -0.4 is 5.46 Å². The molecule has 0 atom stereocenters. The molecule has 0 aliphatic rings. The molecule has 28 heavy (non-hydrogen) atoms. The van der Waals surface area contributed by atoms with Crippen LogP contribution in [0, 0.1) is 0 Å². The number of hydrogen-bond acceptors (Lipinski definition) is 6. The van der Waals surface area contributed by atoms with E-state index in [2.05, 4.69) is 10.2 Å². The minimum Gasteiger partial charge on any atom is -0.462 e. The lowest BCUT2D eigenvalue weighted by atomic mass is 9.83. The Kier molecular flexibility index (Phi) is 5.32. The highest BCUT2D eigenvalue weighted by molar-refractivity contribution is 6.50. The fraction of sp³-hybridized carbons (Fsp3) is 0.421. The zero-order valence-corrected chi connectivity index (χ0v) is 16.7. The highest BCUT2D eigenvalue weighted by atomic mass is 16.5. The minimum absolute atomic E-state index is 0.311. The second kappa shape index (κ2) is 7.41. The Hall–Kier alpha value is -2.65. The van der Waals surface area contributed by atoms with E-state index >= 15 is 0 Å². The monoisotopic (exact) mass is 383 g/mol. The van der Waals surface area contributed by atoms with Gasteiger partial charge in [-0.1, -0.05) is 0 Å². The Morgan fingerprint density at radius 2 is 2.00 bits per heavy atom. The number of aliphatic hydroxyl groups is 1. The molecule has 0 aliphatic heterocycles. The van der Waals surface area contributed by atoms with Crippen molar-refractivity contribution in [3.8, 4) is 5.69 Å². The van der Waals surface area contributed by atoms with Crippen molar-refractivity contribution in [1.82, 2.24) is 19.4 Å². The third kappa shape index (κ3) is 3.95. The normalized spacial score (nSPS) is 12.4. The molecule has 0 unspecified atom stereocenters. The number of aromatic nitrogens is 4. The molecule has 1 N–H and O–H groups in total. The van der Waals surface area contributed by atoms with Gasteiger partial charge in [0.1, 0.15) is 0 Å². The number of carbonyl (C=O) groups is 1. The third-order valence-electron chi connectivity index (χ3n) is 4.85. The van der Waals surface area contributed by atoms with Crippen LogP contribution in [-0.4, -0.2) is 55.8 Å². The van der Waals surface area contributed by atoms with Gasteiger partial charge in [0, 0.05) is 18.6 Å². The Labute approximate surface area is 164 Å². The molecule has 0 bridgehead atoms. The molecule has 0 spiro atoms. The van der Waals surface area contributed by atoms with Crippen LogP contribution in [0.5, 0.6) is 0 Å². The fourth-order valence-electron chi connectivity index (χ4n) is 2.36. The van der Waals surface area contributed by atoms with Gasteiger partial charge in [0.15, 0.2) is 0 Å². The zero-order valence-electron chi connectivity index (χ0n) is 16.7. The summed E-state index contributed by atoms with van der Waals surface area (Å²) in [7, 11) is 1.59. The predicted molar refractivity (Wildman–Crippen MR) is 105 cm³/mol. The molecule has 0 saturated carbocycles. The number of hydrogen-bond donors (Lipinski definition) is 1. The summed E-state index contributed by atoms with van der Waals surface area (Å²) < 4.78 is 14.2. The number of ether oxygens (including phenoxy) is 1. The molecule has 3 aromatic heterocycles. The second-order valence-corrected chi connectivity index (χ2v) is 7.51. The lowest BCUT2D eigenvalue weighted by molar-refractivity contribution is -0.0893. The van der Waals surface area contributed by atoms with Crippen LogP contribution in [0.25, 0.3) is 11.2 Å². The van der Waals surface area contributed by atoms with Crippen LogP contribution in [0.2, 0.25) is 0 Å². The Balaban J connectivity index is 1.86. The highest BCUT2D eigenvalue weighted by Gasteiger charge is 2.36. The van der Waals surface area contributed by atoms with Gasteiger partial charge in [-0.05, 0) is 52.2 Å². The maximum Gasteiger partial charge on any atom is 0.341 e. The molecule has 3 aromatic rings. The molecule has 9 heteroatoms. The van der Waals surface area contributed by atoms with Crippen molar-refractivity contribution in [2.75, 3.05) is 6.61 Å². The summed E-state index contributed by atoms with van der Waals surface area (Å²) in [4.78, 5) is 11.8. The van der Waals surface area contributed by atoms with Crippen LogP contribution in [0.4, 0.5) is 0 Å². The van der Waals surface area contributed by atoms with Crippen molar-refractivity contribution >= 4 is 24.4 Å². The number of nitrogens with zero attached hydrogens (tertiary/aromatic N) is 4. The van der Waals surface area contributed by atoms with E-state index in [0.29, 0.717) is 12.2 Å². The molecule has 1 radical (unpaired) electrons. The van der Waals surface area contributed by atoms with Crippen molar-refractivity contribution < 1.29 is 19.3 Å². The van der Waals surface area contributed by atoms with Gasteiger partial charge in [-0.3, -0.25) is 0 Å². The van der Waals surface area contributed by atoms with E-state index < -0.39 is 17.2 Å². The number of fused-ring (bicyclic) bond motifs is 1. The maximum absolute atomic E-state index is 11.8. The first-order valence-electron chi connectivity index (χ1n) is 9.05. The summed E-state index contributed by atoms with van der Waals surface area (Å²) in [5, 5.41) is 18.8. The van der Waals surface area contributed by atoms with E-state index in [-0.39, 0.29) is 0 Å². The summed E-state index contributed by atoms with van der Waals surface area (Å²) in [6.07, 6.45) is 6.58. The zero-order chi connectivity index (χ0) is 20.5. The molecule has 3 heterocycles. The lowest BCUT2D eigenvalue weighted by Crippen LogP contribution is -2.49. The van der Waals surface area contributed by atoms with Crippen LogP contribution in [0.3, 0.4) is 0 Å². The number of pyridine rings is 1. The Bertz CT molecular complexity index is 987. The van der Waals surface area contributed by atoms with Gasteiger partial charge in [0.2, 0.25) is 0 Å². The van der Waals surface area contributed by atoms with Gasteiger partial charge < -0.3 is 14.5 Å². The molecule has 3 rings (SSSR count). The lowest BCUT2D eigenvalue weighted by Gasteiger charge is -2.37. The molecule has 147 valence electrons. The predicted octanol–water partition coefficient (Wildman–Crippen LogP) is 1.51. The van der Waals surface area contributed by atoms with Crippen LogP contribution >= 0.6 is 0 Å². The van der Waals surface area contributed by atoms with Crippen LogP contribution in [0.1, 0.15) is 45.0 Å². The highest BCUT2D eigenvalue weighted by Crippen LogP contribution is 2.24. The van der Waals surface area contributed by atoms with Crippen molar-refractivity contribution in [3.63, 3.8) is 0 Å². The summed E-state index contributed by atoms with van der Waals surface area (Å²) in [6.45, 7) is 9.12. The maximum atomic E-state index is 11.8. The average Bonchev–Trinajstić information content (AvgIpc) is 3.26. The number of esters is 1. The van der Waals surface area contributed by atoms with E-state index in [1.807, 2.05) is 26.0 Å². The van der Waals surface area contributed by atoms with E-state index in [9.17, 15) is 9.90 Å². The Morgan fingerprint density at radius 3 is 2.68 bits per heavy atom. The van der Waals surface area contributed by atoms with E-state index in [1.165, 1.54) is 6.20 Å². The van der Waals surface area contributed by atoms with Crippen molar-refractivity contribution in [1.29, 1.82) is 0 Å². The van der Waals surface area contributed by atoms with Gasteiger partial charge >= 0.3 is 13.5 Å². The summed E-state index contributed by atoms with van der Waals surface area (Å²) in [6, 6.07) is 3.73. The number of rotatable bonds is 7. The van der Waals surface area contributed by atoms with Crippen molar-refractivity contribution in [3.05, 3.63) is 42.5 Å². The molecular formula is C19H24BN4O4. The van der Waals surface area contributed by atoms with Gasteiger partial charge in [-0.2, -0.15) is 10.2 Å². The smallest absolute Gasteiger partial charge is 0.341 e. The van der Waals surface area contributed by atoms with Gasteiger partial charge in [0.25, 0.3) is 0 Å². The SMILES string of the molecule is CCOC(=O)c1cnn(-c2ccn3ncc([B]OC(C)(C)C(C)(C)O)c3c2)c1.